The third kappa shape index (κ3) is 8.37. The summed E-state index contributed by atoms with van der Waals surface area (Å²) in [7, 11) is 0. The zero-order valence-electron chi connectivity index (χ0n) is 17.5. The van der Waals surface area contributed by atoms with Gasteiger partial charge in [-0.05, 0) is 38.2 Å². The highest BCUT2D eigenvalue weighted by Crippen LogP contribution is 2.19. The van der Waals surface area contributed by atoms with E-state index >= 15 is 0 Å². The number of hydrogen-bond donors (Lipinski definition) is 3. The molecule has 3 N–H and O–H groups in total. The molecule has 1 aromatic rings. The Bertz CT molecular complexity index is 720. The fourth-order valence-corrected chi connectivity index (χ4v) is 3.25. The minimum absolute atomic E-state index is 0.0241. The van der Waals surface area contributed by atoms with Crippen molar-refractivity contribution in [3.8, 4) is 0 Å². The summed E-state index contributed by atoms with van der Waals surface area (Å²) < 4.78 is 5.63. The quantitative estimate of drug-likeness (QED) is 0.505. The molecule has 0 aromatic heterocycles. The molecule has 3 atom stereocenters. The summed E-state index contributed by atoms with van der Waals surface area (Å²) >= 11 is 0. The van der Waals surface area contributed by atoms with Crippen LogP contribution in [-0.4, -0.2) is 42.1 Å². The normalized spacial score (nSPS) is 22.3. The Morgan fingerprint density at radius 2 is 2.00 bits per heavy atom. The van der Waals surface area contributed by atoms with Crippen molar-refractivity contribution in [1.29, 1.82) is 0 Å². The Morgan fingerprint density at radius 1 is 1.23 bits per heavy atom. The van der Waals surface area contributed by atoms with Crippen LogP contribution in [0.4, 0.5) is 0 Å². The molecule has 30 heavy (non-hydrogen) atoms. The number of nitrogens with one attached hydrogen (secondary N) is 2. The number of amides is 2. The number of cyclic esters (lactones) is 1. The van der Waals surface area contributed by atoms with Crippen molar-refractivity contribution in [3.63, 3.8) is 0 Å². The van der Waals surface area contributed by atoms with Gasteiger partial charge in [0.15, 0.2) is 0 Å². The van der Waals surface area contributed by atoms with E-state index in [4.69, 9.17) is 9.84 Å². The predicted octanol–water partition coefficient (Wildman–Crippen LogP) is 2.41. The largest absolute Gasteiger partial charge is 0.456 e. The van der Waals surface area contributed by atoms with Gasteiger partial charge in [0.25, 0.3) is 0 Å². The lowest BCUT2D eigenvalue weighted by atomic mass is 9.98. The van der Waals surface area contributed by atoms with Crippen LogP contribution in [0.5, 0.6) is 0 Å². The molecule has 0 fully saturated rings. The maximum atomic E-state index is 12.8. The van der Waals surface area contributed by atoms with E-state index in [1.165, 1.54) is 0 Å². The van der Waals surface area contributed by atoms with Gasteiger partial charge in [-0.25, -0.2) is 0 Å². The van der Waals surface area contributed by atoms with Gasteiger partial charge in [-0.3, -0.25) is 14.4 Å². The summed E-state index contributed by atoms with van der Waals surface area (Å²) in [5, 5.41) is 14.6. The zero-order chi connectivity index (χ0) is 21.8. The van der Waals surface area contributed by atoms with E-state index in [0.717, 1.165) is 24.8 Å². The van der Waals surface area contributed by atoms with E-state index in [2.05, 4.69) is 10.6 Å². The number of aliphatic hydroxyl groups excluding tert-OH is 1. The Morgan fingerprint density at radius 3 is 2.73 bits per heavy atom. The molecule has 1 heterocycles. The number of esters is 1. The van der Waals surface area contributed by atoms with Gasteiger partial charge in [-0.2, -0.15) is 0 Å². The molecule has 1 aliphatic rings. The van der Waals surface area contributed by atoms with Gasteiger partial charge in [-0.15, -0.1) is 0 Å². The van der Waals surface area contributed by atoms with Crippen LogP contribution in [0.25, 0.3) is 0 Å². The van der Waals surface area contributed by atoms with Crippen molar-refractivity contribution in [1.82, 2.24) is 10.6 Å². The summed E-state index contributed by atoms with van der Waals surface area (Å²) in [4.78, 5) is 37.3. The molecule has 0 saturated carbocycles. The predicted molar refractivity (Wildman–Crippen MR) is 113 cm³/mol. The Hall–Kier alpha value is -2.67. The van der Waals surface area contributed by atoms with E-state index in [0.29, 0.717) is 12.8 Å². The monoisotopic (exact) mass is 416 g/mol. The van der Waals surface area contributed by atoms with Crippen molar-refractivity contribution in [2.45, 2.75) is 57.6 Å². The number of benzene rings is 1. The van der Waals surface area contributed by atoms with E-state index in [1.54, 1.807) is 6.92 Å². The van der Waals surface area contributed by atoms with E-state index in [9.17, 15) is 14.4 Å². The van der Waals surface area contributed by atoms with Crippen molar-refractivity contribution in [2.75, 3.05) is 13.2 Å². The van der Waals surface area contributed by atoms with Gasteiger partial charge in [0, 0.05) is 18.9 Å². The molecule has 7 heteroatoms. The second kappa shape index (κ2) is 12.8. The maximum Gasteiger partial charge on any atom is 0.306 e. The number of ether oxygens (including phenoxy) is 1. The lowest BCUT2D eigenvalue weighted by molar-refractivity contribution is -0.150. The molecule has 2 amide bonds. The van der Waals surface area contributed by atoms with Crippen LogP contribution in [0.1, 0.15) is 57.1 Å². The number of carbonyl (C=O) groups is 3. The zero-order valence-corrected chi connectivity index (χ0v) is 17.5. The van der Waals surface area contributed by atoms with E-state index < -0.39 is 12.0 Å². The lowest BCUT2D eigenvalue weighted by Crippen LogP contribution is -2.40. The summed E-state index contributed by atoms with van der Waals surface area (Å²) in [6.07, 6.45) is 6.54. The average molecular weight is 417 g/mol. The first-order chi connectivity index (χ1) is 14.5. The van der Waals surface area contributed by atoms with Gasteiger partial charge in [0.2, 0.25) is 11.8 Å². The van der Waals surface area contributed by atoms with E-state index in [-0.39, 0.29) is 43.4 Å². The third-order valence-corrected chi connectivity index (χ3v) is 4.98. The molecular formula is C23H32N2O5. The summed E-state index contributed by atoms with van der Waals surface area (Å²) in [5.74, 6) is -1.37. The van der Waals surface area contributed by atoms with Crippen LogP contribution in [0, 0.1) is 5.92 Å². The first-order valence-electron chi connectivity index (χ1n) is 10.6. The van der Waals surface area contributed by atoms with E-state index in [1.807, 2.05) is 42.5 Å². The lowest BCUT2D eigenvalue weighted by Gasteiger charge is -2.22. The van der Waals surface area contributed by atoms with Crippen LogP contribution in [-0.2, 0) is 19.1 Å². The van der Waals surface area contributed by atoms with Gasteiger partial charge < -0.3 is 20.5 Å². The van der Waals surface area contributed by atoms with Crippen molar-refractivity contribution < 1.29 is 24.2 Å². The van der Waals surface area contributed by atoms with Crippen LogP contribution < -0.4 is 10.6 Å². The van der Waals surface area contributed by atoms with Crippen LogP contribution >= 0.6 is 0 Å². The second-order valence-electron chi connectivity index (χ2n) is 7.64. The molecule has 0 unspecified atom stereocenters. The fourth-order valence-electron chi connectivity index (χ4n) is 3.25. The topological polar surface area (TPSA) is 105 Å². The first-order valence-corrected chi connectivity index (χ1v) is 10.6. The third-order valence-electron chi connectivity index (χ3n) is 4.98. The molecule has 0 saturated heterocycles. The average Bonchev–Trinajstić information content (AvgIpc) is 2.74. The van der Waals surface area contributed by atoms with Crippen molar-refractivity contribution >= 4 is 17.8 Å². The number of rotatable bonds is 5. The van der Waals surface area contributed by atoms with Crippen LogP contribution in [0.3, 0.4) is 0 Å². The number of carbonyl (C=O) groups excluding carboxylic acids is 3. The summed E-state index contributed by atoms with van der Waals surface area (Å²) in [5.41, 5.74) is 0.809. The summed E-state index contributed by atoms with van der Waals surface area (Å²) in [6.45, 7) is 1.68. The number of aliphatic hydroxyl groups is 1. The molecule has 0 aliphatic carbocycles. The van der Waals surface area contributed by atoms with Crippen LogP contribution in [0.15, 0.2) is 42.5 Å². The smallest absolute Gasteiger partial charge is 0.306 e. The minimum Gasteiger partial charge on any atom is -0.456 e. The molecule has 1 aromatic carbocycles. The Kier molecular flexibility index (Phi) is 10.1. The highest BCUT2D eigenvalue weighted by Gasteiger charge is 2.24. The standard InChI is InChI=1S/C23H32N2O5/c1-17(16-26)25-21(27)14-19-12-6-3-2-4-9-13-22(28)30-20(15-24-23(19)29)18-10-7-5-8-11-18/h3,5-8,10-11,17,19-20,26H,2,4,9,12-16H2,1H3,(H,24,29)(H,25,27)/t17-,19+,20+/m0/s1. The fraction of sp³-hybridized carbons (Fsp3) is 0.522. The van der Waals surface area contributed by atoms with Gasteiger partial charge in [-0.1, -0.05) is 42.5 Å². The highest BCUT2D eigenvalue weighted by atomic mass is 16.5. The molecule has 2 rings (SSSR count). The second-order valence-corrected chi connectivity index (χ2v) is 7.64. The maximum absolute atomic E-state index is 12.8. The SMILES string of the molecule is C[C@@H](CO)NC(=O)C[C@H]1CC=CCCCCC(=O)O[C@@H](c2ccccc2)CNC1=O. The molecule has 7 nitrogen and oxygen atoms in total. The Labute approximate surface area is 177 Å². The molecule has 0 spiro atoms. The van der Waals surface area contributed by atoms with Crippen molar-refractivity contribution in [3.05, 3.63) is 48.0 Å². The van der Waals surface area contributed by atoms with Gasteiger partial charge in [0.05, 0.1) is 19.1 Å². The minimum atomic E-state index is -0.579. The summed E-state index contributed by atoms with van der Waals surface area (Å²) in [6, 6.07) is 8.94. The number of allylic oxidation sites excluding steroid dienone is 2. The first kappa shape index (κ1) is 23.6. The number of hydrogen-bond acceptors (Lipinski definition) is 5. The molecule has 1 aliphatic heterocycles. The molecule has 0 radical (unpaired) electrons. The van der Waals surface area contributed by atoms with Gasteiger partial charge >= 0.3 is 5.97 Å². The van der Waals surface area contributed by atoms with Crippen LogP contribution in [0.2, 0.25) is 0 Å². The Balaban J connectivity index is 2.11. The van der Waals surface area contributed by atoms with Crippen molar-refractivity contribution in [2.24, 2.45) is 5.92 Å². The molecular weight excluding hydrogens is 384 g/mol. The molecule has 0 bridgehead atoms. The van der Waals surface area contributed by atoms with Gasteiger partial charge in [0.1, 0.15) is 6.10 Å². The molecule has 164 valence electrons. The highest BCUT2D eigenvalue weighted by molar-refractivity contribution is 5.86.